The van der Waals surface area contributed by atoms with Gasteiger partial charge in [-0.05, 0) is 6.92 Å². The minimum absolute atomic E-state index is 0.178. The zero-order chi connectivity index (χ0) is 11.3. The molecule has 0 aromatic rings. The second kappa shape index (κ2) is 2.74. The molecule has 1 fully saturated rings. The molecule has 80 valence electrons. The summed E-state index contributed by atoms with van der Waals surface area (Å²) in [6.07, 6.45) is -4.44. The van der Waals surface area contributed by atoms with Gasteiger partial charge in [0, 0.05) is 12.7 Å². The van der Waals surface area contributed by atoms with E-state index < -0.39 is 23.4 Å². The van der Waals surface area contributed by atoms with Gasteiger partial charge in [0.15, 0.2) is 0 Å². The van der Waals surface area contributed by atoms with Crippen molar-refractivity contribution in [1.82, 2.24) is 4.90 Å². The average Bonchev–Trinajstić information content (AvgIpc) is 2.21. The molecular formula is C9H12F3NO. The minimum atomic E-state index is -4.44. The Morgan fingerprint density at radius 2 is 1.93 bits per heavy atom. The minimum Gasteiger partial charge on any atom is -0.319 e. The van der Waals surface area contributed by atoms with E-state index in [1.54, 1.807) is 0 Å². The molecule has 0 aromatic heterocycles. The molecule has 1 saturated heterocycles. The molecule has 0 saturated carbocycles. The number of carbonyl (C=O) groups excluding carboxylic acids is 1. The van der Waals surface area contributed by atoms with Crippen molar-refractivity contribution in [2.75, 3.05) is 7.05 Å². The third kappa shape index (κ3) is 1.07. The summed E-state index contributed by atoms with van der Waals surface area (Å²) in [5, 5.41) is 0. The first-order chi connectivity index (χ1) is 6.14. The number of nitrogens with zero attached hydrogens (tertiary/aromatic N) is 1. The van der Waals surface area contributed by atoms with E-state index in [-0.39, 0.29) is 5.70 Å². The van der Waals surface area contributed by atoms with Crippen molar-refractivity contribution < 1.29 is 18.0 Å². The second-order valence-electron chi connectivity index (χ2n) is 3.77. The molecule has 1 aliphatic heterocycles. The summed E-state index contributed by atoms with van der Waals surface area (Å²) in [6, 6.07) is 0. The predicted octanol–water partition coefficient (Wildman–Crippen LogP) is 2.18. The van der Waals surface area contributed by atoms with E-state index in [0.29, 0.717) is 0 Å². The highest BCUT2D eigenvalue weighted by Crippen LogP contribution is 2.53. The first-order valence-corrected chi connectivity index (χ1v) is 4.17. The average molecular weight is 207 g/mol. The fourth-order valence-electron chi connectivity index (χ4n) is 1.68. The van der Waals surface area contributed by atoms with Crippen LogP contribution in [-0.4, -0.2) is 24.0 Å². The fourth-order valence-corrected chi connectivity index (χ4v) is 1.68. The van der Waals surface area contributed by atoms with Crippen LogP contribution < -0.4 is 0 Å². The molecule has 1 aliphatic rings. The van der Waals surface area contributed by atoms with Crippen LogP contribution in [0.4, 0.5) is 13.2 Å². The number of allylic oxidation sites excluding steroid dienone is 1. The van der Waals surface area contributed by atoms with Crippen LogP contribution in [0.2, 0.25) is 0 Å². The number of hydrogen-bond acceptors (Lipinski definition) is 1. The summed E-state index contributed by atoms with van der Waals surface area (Å²) < 4.78 is 38.3. The van der Waals surface area contributed by atoms with Crippen LogP contribution >= 0.6 is 0 Å². The first kappa shape index (κ1) is 11.1. The summed E-state index contributed by atoms with van der Waals surface area (Å²) >= 11 is 0. The SMILES string of the molecule is C=C1N(C)C(=O)C(C)C1(C)C(F)(F)F. The van der Waals surface area contributed by atoms with Gasteiger partial charge in [0.2, 0.25) is 5.91 Å². The maximum absolute atomic E-state index is 12.8. The van der Waals surface area contributed by atoms with Crippen molar-refractivity contribution >= 4 is 5.91 Å². The Labute approximate surface area is 80.4 Å². The van der Waals surface area contributed by atoms with Crippen LogP contribution in [0, 0.1) is 11.3 Å². The van der Waals surface area contributed by atoms with Gasteiger partial charge in [0.05, 0.1) is 5.92 Å². The summed E-state index contributed by atoms with van der Waals surface area (Å²) in [4.78, 5) is 12.3. The van der Waals surface area contributed by atoms with Crippen LogP contribution in [0.3, 0.4) is 0 Å². The quantitative estimate of drug-likeness (QED) is 0.596. The van der Waals surface area contributed by atoms with Crippen LogP contribution in [0.25, 0.3) is 0 Å². The Morgan fingerprint density at radius 1 is 1.50 bits per heavy atom. The van der Waals surface area contributed by atoms with Gasteiger partial charge < -0.3 is 4.90 Å². The number of hydrogen-bond donors (Lipinski definition) is 0. The van der Waals surface area contributed by atoms with Gasteiger partial charge in [0.25, 0.3) is 0 Å². The zero-order valence-electron chi connectivity index (χ0n) is 8.27. The van der Waals surface area contributed by atoms with Crippen molar-refractivity contribution in [1.29, 1.82) is 0 Å². The first-order valence-electron chi connectivity index (χ1n) is 4.17. The topological polar surface area (TPSA) is 20.3 Å². The molecule has 14 heavy (non-hydrogen) atoms. The van der Waals surface area contributed by atoms with E-state index in [2.05, 4.69) is 6.58 Å². The molecule has 0 spiro atoms. The van der Waals surface area contributed by atoms with E-state index in [0.717, 1.165) is 11.8 Å². The van der Waals surface area contributed by atoms with Crippen molar-refractivity contribution in [2.24, 2.45) is 11.3 Å². The van der Waals surface area contributed by atoms with Gasteiger partial charge >= 0.3 is 6.18 Å². The third-order valence-electron chi connectivity index (χ3n) is 3.16. The lowest BCUT2D eigenvalue weighted by Gasteiger charge is -2.31. The Bertz CT molecular complexity index is 297. The largest absolute Gasteiger partial charge is 0.400 e. The van der Waals surface area contributed by atoms with Crippen LogP contribution in [0.5, 0.6) is 0 Å². The Hall–Kier alpha value is -1.00. The maximum atomic E-state index is 12.8. The van der Waals surface area contributed by atoms with E-state index >= 15 is 0 Å². The molecule has 2 nitrogen and oxygen atoms in total. The number of amides is 1. The van der Waals surface area contributed by atoms with E-state index in [4.69, 9.17) is 0 Å². The summed E-state index contributed by atoms with van der Waals surface area (Å²) in [5.74, 6) is -1.63. The van der Waals surface area contributed by atoms with Gasteiger partial charge in [-0.2, -0.15) is 13.2 Å². The van der Waals surface area contributed by atoms with Crippen molar-refractivity contribution in [3.05, 3.63) is 12.3 Å². The number of likely N-dealkylation sites (tertiary alicyclic amines) is 1. The number of alkyl halides is 3. The highest BCUT2D eigenvalue weighted by atomic mass is 19.4. The second-order valence-corrected chi connectivity index (χ2v) is 3.77. The van der Waals surface area contributed by atoms with E-state index in [1.807, 2.05) is 0 Å². The van der Waals surface area contributed by atoms with Gasteiger partial charge in [-0.15, -0.1) is 0 Å². The molecule has 0 bridgehead atoms. The van der Waals surface area contributed by atoms with Crippen molar-refractivity contribution in [2.45, 2.75) is 20.0 Å². The monoisotopic (exact) mass is 207 g/mol. The Kier molecular flexibility index (Phi) is 2.17. The lowest BCUT2D eigenvalue weighted by molar-refractivity contribution is -0.213. The van der Waals surface area contributed by atoms with Gasteiger partial charge in [-0.3, -0.25) is 4.79 Å². The van der Waals surface area contributed by atoms with Crippen LogP contribution in [0.15, 0.2) is 12.3 Å². The van der Waals surface area contributed by atoms with Crippen molar-refractivity contribution in [3.8, 4) is 0 Å². The smallest absolute Gasteiger partial charge is 0.319 e. The number of carbonyl (C=O) groups is 1. The molecule has 0 aromatic carbocycles. The number of rotatable bonds is 0. The van der Waals surface area contributed by atoms with E-state index in [9.17, 15) is 18.0 Å². The molecule has 0 radical (unpaired) electrons. The highest BCUT2D eigenvalue weighted by molar-refractivity contribution is 5.85. The lowest BCUT2D eigenvalue weighted by Crippen LogP contribution is -2.39. The third-order valence-corrected chi connectivity index (χ3v) is 3.16. The van der Waals surface area contributed by atoms with E-state index in [1.165, 1.54) is 14.0 Å². The number of halogens is 3. The zero-order valence-corrected chi connectivity index (χ0v) is 8.27. The highest BCUT2D eigenvalue weighted by Gasteiger charge is 2.63. The molecule has 0 aliphatic carbocycles. The lowest BCUT2D eigenvalue weighted by atomic mass is 9.78. The van der Waals surface area contributed by atoms with Crippen LogP contribution in [-0.2, 0) is 4.79 Å². The summed E-state index contributed by atoms with van der Waals surface area (Å²) in [5.41, 5.74) is -2.30. The van der Waals surface area contributed by atoms with Crippen molar-refractivity contribution in [3.63, 3.8) is 0 Å². The Morgan fingerprint density at radius 3 is 2.07 bits per heavy atom. The molecular weight excluding hydrogens is 195 g/mol. The molecule has 0 N–H and O–H groups in total. The molecule has 1 heterocycles. The molecule has 1 amide bonds. The molecule has 2 atom stereocenters. The van der Waals surface area contributed by atoms with Gasteiger partial charge in [-0.25, -0.2) is 0 Å². The molecule has 1 rings (SSSR count). The fraction of sp³-hybridized carbons (Fsp3) is 0.667. The Balaban J connectivity index is 3.25. The van der Waals surface area contributed by atoms with Gasteiger partial charge in [0.1, 0.15) is 5.41 Å². The standard InChI is InChI=1S/C9H12F3NO/c1-5-7(14)13(4)6(2)8(5,3)9(10,11)12/h5H,2H2,1,3-4H3. The summed E-state index contributed by atoms with van der Waals surface area (Å²) in [6.45, 7) is 5.64. The maximum Gasteiger partial charge on any atom is 0.400 e. The molecule has 5 heteroatoms. The normalized spacial score (nSPS) is 34.1. The summed E-state index contributed by atoms with van der Waals surface area (Å²) in [7, 11) is 1.32. The molecule has 2 unspecified atom stereocenters. The predicted molar refractivity (Wildman–Crippen MR) is 45.2 cm³/mol. The van der Waals surface area contributed by atoms with Gasteiger partial charge in [-0.1, -0.05) is 13.5 Å². The van der Waals surface area contributed by atoms with Crippen LogP contribution in [0.1, 0.15) is 13.8 Å².